The van der Waals surface area contributed by atoms with Crippen molar-refractivity contribution in [3.8, 4) is 0 Å². The molecule has 110 valence electrons. The standard InChI is InChI=1S/C13H24N2O4/c1-3-7-14-11(18)13(5-9-16,6-10-17)15(8-4-2)12(14)19/h16-17H,3-10H2,1-2H3. The molecule has 2 N–H and O–H groups in total. The van der Waals surface area contributed by atoms with E-state index in [2.05, 4.69) is 0 Å². The van der Waals surface area contributed by atoms with E-state index < -0.39 is 5.54 Å². The zero-order valence-corrected chi connectivity index (χ0v) is 11.8. The van der Waals surface area contributed by atoms with Crippen molar-refractivity contribution in [1.82, 2.24) is 9.80 Å². The van der Waals surface area contributed by atoms with Crippen LogP contribution in [0, 0.1) is 0 Å². The molecule has 1 rings (SSSR count). The van der Waals surface area contributed by atoms with Gasteiger partial charge in [-0.25, -0.2) is 4.79 Å². The zero-order chi connectivity index (χ0) is 14.5. The molecular formula is C13H24N2O4. The van der Waals surface area contributed by atoms with Gasteiger partial charge in [0.15, 0.2) is 0 Å². The van der Waals surface area contributed by atoms with Crippen LogP contribution in [0.4, 0.5) is 4.79 Å². The number of nitrogens with zero attached hydrogens (tertiary/aromatic N) is 2. The van der Waals surface area contributed by atoms with Crippen LogP contribution in [0.15, 0.2) is 0 Å². The molecule has 1 saturated heterocycles. The third-order valence-corrected chi connectivity index (χ3v) is 3.57. The molecule has 0 aromatic heterocycles. The third-order valence-electron chi connectivity index (χ3n) is 3.57. The molecule has 1 aliphatic rings. The van der Waals surface area contributed by atoms with Gasteiger partial charge in [0.25, 0.3) is 5.91 Å². The average molecular weight is 272 g/mol. The highest BCUT2D eigenvalue weighted by Gasteiger charge is 2.55. The van der Waals surface area contributed by atoms with Gasteiger partial charge in [-0.1, -0.05) is 13.8 Å². The van der Waals surface area contributed by atoms with Gasteiger partial charge < -0.3 is 15.1 Å². The topological polar surface area (TPSA) is 81.1 Å². The number of aliphatic hydroxyl groups excluding tert-OH is 2. The van der Waals surface area contributed by atoms with Crippen molar-refractivity contribution in [3.05, 3.63) is 0 Å². The molecule has 0 unspecified atom stereocenters. The lowest BCUT2D eigenvalue weighted by molar-refractivity contribution is -0.135. The fourth-order valence-corrected chi connectivity index (χ4v) is 2.72. The number of hydrogen-bond acceptors (Lipinski definition) is 4. The molecular weight excluding hydrogens is 248 g/mol. The largest absolute Gasteiger partial charge is 0.396 e. The minimum atomic E-state index is -1.06. The summed E-state index contributed by atoms with van der Waals surface area (Å²) < 4.78 is 0. The Balaban J connectivity index is 3.13. The summed E-state index contributed by atoms with van der Waals surface area (Å²) in [6, 6.07) is -0.296. The first-order valence-corrected chi connectivity index (χ1v) is 6.94. The lowest BCUT2D eigenvalue weighted by Gasteiger charge is -2.34. The minimum absolute atomic E-state index is 0.179. The second kappa shape index (κ2) is 6.86. The number of rotatable bonds is 8. The quantitative estimate of drug-likeness (QED) is 0.633. The molecule has 1 aliphatic heterocycles. The number of hydrogen-bond donors (Lipinski definition) is 2. The van der Waals surface area contributed by atoms with E-state index in [9.17, 15) is 19.8 Å². The molecule has 0 aromatic rings. The summed E-state index contributed by atoms with van der Waals surface area (Å²) in [6.45, 7) is 4.32. The summed E-state index contributed by atoms with van der Waals surface area (Å²) in [4.78, 5) is 27.6. The molecule has 0 radical (unpaired) electrons. The second-order valence-electron chi connectivity index (χ2n) is 4.87. The van der Waals surface area contributed by atoms with Crippen molar-refractivity contribution in [2.75, 3.05) is 26.3 Å². The summed E-state index contributed by atoms with van der Waals surface area (Å²) in [7, 11) is 0. The van der Waals surface area contributed by atoms with Crippen LogP contribution in [-0.2, 0) is 4.79 Å². The maximum atomic E-state index is 12.5. The van der Waals surface area contributed by atoms with Crippen molar-refractivity contribution in [1.29, 1.82) is 0 Å². The van der Waals surface area contributed by atoms with Crippen LogP contribution in [0.5, 0.6) is 0 Å². The highest BCUT2D eigenvalue weighted by atomic mass is 16.3. The molecule has 6 heteroatoms. The van der Waals surface area contributed by atoms with Crippen LogP contribution in [-0.4, -0.2) is 63.8 Å². The Morgan fingerprint density at radius 2 is 1.53 bits per heavy atom. The van der Waals surface area contributed by atoms with Gasteiger partial charge in [-0.2, -0.15) is 0 Å². The van der Waals surface area contributed by atoms with Crippen molar-refractivity contribution in [2.45, 2.75) is 45.1 Å². The monoisotopic (exact) mass is 272 g/mol. The third kappa shape index (κ3) is 2.74. The lowest BCUT2D eigenvalue weighted by atomic mass is 9.89. The van der Waals surface area contributed by atoms with E-state index in [0.717, 1.165) is 6.42 Å². The molecule has 6 nitrogen and oxygen atoms in total. The molecule has 1 heterocycles. The zero-order valence-electron chi connectivity index (χ0n) is 11.8. The van der Waals surface area contributed by atoms with Gasteiger partial charge in [0, 0.05) is 39.1 Å². The molecule has 0 saturated carbocycles. The highest BCUT2D eigenvalue weighted by molar-refractivity contribution is 6.07. The van der Waals surface area contributed by atoms with Crippen LogP contribution in [0.1, 0.15) is 39.5 Å². The van der Waals surface area contributed by atoms with E-state index in [-0.39, 0.29) is 38.0 Å². The van der Waals surface area contributed by atoms with Gasteiger partial charge in [-0.3, -0.25) is 9.69 Å². The Kier molecular flexibility index (Phi) is 5.75. The minimum Gasteiger partial charge on any atom is -0.396 e. The molecule has 0 aromatic carbocycles. The molecule has 19 heavy (non-hydrogen) atoms. The van der Waals surface area contributed by atoms with E-state index in [0.29, 0.717) is 19.5 Å². The number of aliphatic hydroxyl groups is 2. The van der Waals surface area contributed by atoms with Crippen molar-refractivity contribution in [2.24, 2.45) is 0 Å². The van der Waals surface area contributed by atoms with Crippen molar-refractivity contribution < 1.29 is 19.8 Å². The molecule has 0 spiro atoms. The van der Waals surface area contributed by atoms with Gasteiger partial charge in [-0.05, 0) is 12.8 Å². The van der Waals surface area contributed by atoms with E-state index in [1.54, 1.807) is 0 Å². The fraction of sp³-hybridized carbons (Fsp3) is 0.846. The summed E-state index contributed by atoms with van der Waals surface area (Å²) in [5.74, 6) is -0.282. The molecule has 0 atom stereocenters. The van der Waals surface area contributed by atoms with E-state index in [4.69, 9.17) is 0 Å². The van der Waals surface area contributed by atoms with Gasteiger partial charge in [0.2, 0.25) is 0 Å². The Bertz CT molecular complexity index is 327. The predicted molar refractivity (Wildman–Crippen MR) is 70.5 cm³/mol. The maximum absolute atomic E-state index is 12.5. The summed E-state index contributed by atoms with van der Waals surface area (Å²) in [6.07, 6.45) is 1.79. The molecule has 3 amide bonds. The summed E-state index contributed by atoms with van der Waals surface area (Å²) >= 11 is 0. The first-order valence-electron chi connectivity index (χ1n) is 6.94. The Morgan fingerprint density at radius 1 is 1.00 bits per heavy atom. The normalized spacial score (nSPS) is 18.5. The van der Waals surface area contributed by atoms with Gasteiger partial charge in [0.05, 0.1) is 0 Å². The van der Waals surface area contributed by atoms with Crippen LogP contribution in [0.3, 0.4) is 0 Å². The Labute approximate surface area is 114 Å². The van der Waals surface area contributed by atoms with Gasteiger partial charge >= 0.3 is 6.03 Å². The van der Waals surface area contributed by atoms with Gasteiger partial charge in [-0.15, -0.1) is 0 Å². The fourth-order valence-electron chi connectivity index (χ4n) is 2.72. The van der Waals surface area contributed by atoms with Crippen LogP contribution >= 0.6 is 0 Å². The first-order chi connectivity index (χ1) is 9.08. The van der Waals surface area contributed by atoms with E-state index in [1.807, 2.05) is 13.8 Å². The SMILES string of the molecule is CCCN1C(=O)N(CCC)C(CCO)(CCO)C1=O. The van der Waals surface area contributed by atoms with Crippen LogP contribution in [0.2, 0.25) is 0 Å². The maximum Gasteiger partial charge on any atom is 0.327 e. The average Bonchev–Trinajstić information content (AvgIpc) is 2.56. The smallest absolute Gasteiger partial charge is 0.327 e. The lowest BCUT2D eigenvalue weighted by Crippen LogP contribution is -2.51. The highest BCUT2D eigenvalue weighted by Crippen LogP contribution is 2.34. The van der Waals surface area contributed by atoms with E-state index >= 15 is 0 Å². The second-order valence-corrected chi connectivity index (χ2v) is 4.87. The van der Waals surface area contributed by atoms with Crippen LogP contribution < -0.4 is 0 Å². The summed E-state index contributed by atoms with van der Waals surface area (Å²) in [5.41, 5.74) is -1.06. The molecule has 0 bridgehead atoms. The van der Waals surface area contributed by atoms with Crippen molar-refractivity contribution in [3.63, 3.8) is 0 Å². The number of urea groups is 1. The van der Waals surface area contributed by atoms with E-state index in [1.165, 1.54) is 9.80 Å². The number of amides is 3. The Hall–Kier alpha value is -1.14. The Morgan fingerprint density at radius 3 is 1.95 bits per heavy atom. The van der Waals surface area contributed by atoms with Crippen LogP contribution in [0.25, 0.3) is 0 Å². The molecule has 1 fully saturated rings. The number of carbonyl (C=O) groups excluding carboxylic acids is 2. The van der Waals surface area contributed by atoms with Crippen molar-refractivity contribution >= 4 is 11.9 Å². The van der Waals surface area contributed by atoms with Gasteiger partial charge in [0.1, 0.15) is 5.54 Å². The number of carbonyl (C=O) groups is 2. The number of imide groups is 1. The first kappa shape index (κ1) is 15.9. The predicted octanol–water partition coefficient (Wildman–Crippen LogP) is 0.574. The molecule has 0 aliphatic carbocycles. The summed E-state index contributed by atoms with van der Waals surface area (Å²) in [5, 5.41) is 18.5.